The molecule has 3 aromatic heterocycles. The van der Waals surface area contributed by atoms with E-state index in [1.165, 1.54) is 30.6 Å². The maximum absolute atomic E-state index is 12.9. The number of benzene rings is 1. The van der Waals surface area contributed by atoms with E-state index in [4.69, 9.17) is 4.74 Å². The van der Waals surface area contributed by atoms with Crippen LogP contribution in [0.5, 0.6) is 5.75 Å². The predicted octanol–water partition coefficient (Wildman–Crippen LogP) is 4.18. The number of sulfonamides is 1. The molecular weight excluding hydrogens is 382 g/mol. The van der Waals surface area contributed by atoms with Crippen molar-refractivity contribution in [3.8, 4) is 16.3 Å². The molecule has 4 aromatic rings. The van der Waals surface area contributed by atoms with Gasteiger partial charge in [0.15, 0.2) is 5.82 Å². The molecule has 0 fully saturated rings. The zero-order valence-corrected chi connectivity index (χ0v) is 16.3. The molecule has 0 amide bonds. The lowest BCUT2D eigenvalue weighted by molar-refractivity contribution is 0.414. The Morgan fingerprint density at radius 1 is 1.15 bits per heavy atom. The molecule has 138 valence electrons. The van der Waals surface area contributed by atoms with E-state index in [1.54, 1.807) is 16.5 Å². The second-order valence-corrected chi connectivity index (χ2v) is 8.63. The number of thiophene rings is 1. The first-order valence-corrected chi connectivity index (χ1v) is 10.5. The van der Waals surface area contributed by atoms with Gasteiger partial charge in [-0.2, -0.15) is 0 Å². The van der Waals surface area contributed by atoms with Crippen molar-refractivity contribution in [1.82, 2.24) is 9.38 Å². The van der Waals surface area contributed by atoms with Crippen LogP contribution in [0.2, 0.25) is 0 Å². The lowest BCUT2D eigenvalue weighted by Crippen LogP contribution is -2.14. The van der Waals surface area contributed by atoms with E-state index in [-0.39, 0.29) is 4.90 Å². The van der Waals surface area contributed by atoms with E-state index in [0.717, 1.165) is 10.4 Å². The Morgan fingerprint density at radius 3 is 2.59 bits per heavy atom. The van der Waals surface area contributed by atoms with Crippen molar-refractivity contribution in [3.05, 3.63) is 65.7 Å². The Morgan fingerprint density at radius 2 is 1.93 bits per heavy atom. The van der Waals surface area contributed by atoms with Crippen molar-refractivity contribution < 1.29 is 13.2 Å². The zero-order chi connectivity index (χ0) is 19.0. The summed E-state index contributed by atoms with van der Waals surface area (Å²) in [6.07, 6.45) is 1.82. The van der Waals surface area contributed by atoms with Gasteiger partial charge in [0.2, 0.25) is 0 Å². The first-order valence-electron chi connectivity index (χ1n) is 8.17. The largest absolute Gasteiger partial charge is 0.497 e. The number of hydrogen-bond donors (Lipinski definition) is 1. The first kappa shape index (κ1) is 17.6. The average Bonchev–Trinajstić information content (AvgIpc) is 3.29. The fourth-order valence-corrected chi connectivity index (χ4v) is 4.55. The SMILES string of the molecule is COc1ccc(S(=O)(=O)Nc2c(-c3cccs3)nc3cc(C)ccn23)cc1. The molecule has 0 atom stereocenters. The van der Waals surface area contributed by atoms with Crippen LogP contribution in [0.3, 0.4) is 0 Å². The van der Waals surface area contributed by atoms with Gasteiger partial charge in [-0.05, 0) is 60.3 Å². The molecule has 8 heteroatoms. The van der Waals surface area contributed by atoms with E-state index < -0.39 is 10.0 Å². The van der Waals surface area contributed by atoms with Crippen molar-refractivity contribution in [1.29, 1.82) is 0 Å². The van der Waals surface area contributed by atoms with Gasteiger partial charge in [0.1, 0.15) is 17.1 Å². The number of rotatable bonds is 5. The number of nitrogens with one attached hydrogen (secondary N) is 1. The maximum atomic E-state index is 12.9. The molecule has 0 aliphatic heterocycles. The Labute approximate surface area is 161 Å². The van der Waals surface area contributed by atoms with Gasteiger partial charge in [-0.25, -0.2) is 13.4 Å². The van der Waals surface area contributed by atoms with Crippen LogP contribution in [0.15, 0.2) is 65.0 Å². The van der Waals surface area contributed by atoms with Gasteiger partial charge in [0.05, 0.1) is 16.9 Å². The fraction of sp³-hybridized carbons (Fsp3) is 0.105. The van der Waals surface area contributed by atoms with Crippen molar-refractivity contribution in [2.24, 2.45) is 0 Å². The molecule has 27 heavy (non-hydrogen) atoms. The number of nitrogens with zero attached hydrogens (tertiary/aromatic N) is 2. The maximum Gasteiger partial charge on any atom is 0.263 e. The monoisotopic (exact) mass is 399 g/mol. The lowest BCUT2D eigenvalue weighted by atomic mass is 10.3. The molecule has 1 N–H and O–H groups in total. The molecule has 6 nitrogen and oxygen atoms in total. The predicted molar refractivity (Wildman–Crippen MR) is 107 cm³/mol. The molecule has 0 aliphatic rings. The van der Waals surface area contributed by atoms with Crippen LogP contribution in [0.25, 0.3) is 16.2 Å². The number of hydrogen-bond acceptors (Lipinski definition) is 5. The summed E-state index contributed by atoms with van der Waals surface area (Å²) in [4.78, 5) is 5.70. The van der Waals surface area contributed by atoms with Crippen LogP contribution < -0.4 is 9.46 Å². The minimum absolute atomic E-state index is 0.155. The molecule has 0 radical (unpaired) electrons. The van der Waals surface area contributed by atoms with Gasteiger partial charge in [-0.3, -0.25) is 9.12 Å². The second-order valence-electron chi connectivity index (χ2n) is 6.00. The molecule has 0 unspecified atom stereocenters. The number of fused-ring (bicyclic) bond motifs is 1. The van der Waals surface area contributed by atoms with E-state index in [2.05, 4.69) is 9.71 Å². The second kappa shape index (κ2) is 6.71. The average molecular weight is 399 g/mol. The van der Waals surface area contributed by atoms with Crippen LogP contribution in [0.4, 0.5) is 5.82 Å². The molecule has 0 saturated heterocycles. The van der Waals surface area contributed by atoms with Gasteiger partial charge in [-0.1, -0.05) is 6.07 Å². The van der Waals surface area contributed by atoms with Crippen LogP contribution in [0, 0.1) is 6.92 Å². The molecule has 0 saturated carbocycles. The summed E-state index contributed by atoms with van der Waals surface area (Å²) in [6, 6.07) is 13.9. The van der Waals surface area contributed by atoms with E-state index in [9.17, 15) is 8.42 Å². The van der Waals surface area contributed by atoms with Crippen LogP contribution >= 0.6 is 11.3 Å². The van der Waals surface area contributed by atoms with E-state index >= 15 is 0 Å². The number of methoxy groups -OCH3 is 1. The molecule has 0 aliphatic carbocycles. The molecule has 3 heterocycles. The number of anilines is 1. The number of ether oxygens (including phenoxy) is 1. The highest BCUT2D eigenvalue weighted by atomic mass is 32.2. The van der Waals surface area contributed by atoms with Crippen molar-refractivity contribution in [2.45, 2.75) is 11.8 Å². The molecule has 0 spiro atoms. The normalized spacial score (nSPS) is 11.6. The van der Waals surface area contributed by atoms with E-state index in [0.29, 0.717) is 22.9 Å². The third-order valence-electron chi connectivity index (χ3n) is 4.14. The summed E-state index contributed by atoms with van der Waals surface area (Å²) in [5, 5.41) is 1.94. The fourth-order valence-electron chi connectivity index (χ4n) is 2.77. The third kappa shape index (κ3) is 3.29. The highest BCUT2D eigenvalue weighted by Crippen LogP contribution is 2.33. The summed E-state index contributed by atoms with van der Waals surface area (Å²) in [5.74, 6) is 1.02. The van der Waals surface area contributed by atoms with Crippen molar-refractivity contribution in [3.63, 3.8) is 0 Å². The molecule has 0 bridgehead atoms. The Hall–Kier alpha value is -2.84. The van der Waals surface area contributed by atoms with Gasteiger partial charge in [-0.15, -0.1) is 11.3 Å². The summed E-state index contributed by atoms with van der Waals surface area (Å²) in [6.45, 7) is 1.97. The highest BCUT2D eigenvalue weighted by molar-refractivity contribution is 7.92. The summed E-state index contributed by atoms with van der Waals surface area (Å²) < 4.78 is 35.4. The number of aromatic nitrogens is 2. The van der Waals surface area contributed by atoms with Crippen LogP contribution in [-0.4, -0.2) is 24.9 Å². The highest BCUT2D eigenvalue weighted by Gasteiger charge is 2.22. The van der Waals surface area contributed by atoms with Gasteiger partial charge < -0.3 is 4.74 Å². The zero-order valence-electron chi connectivity index (χ0n) is 14.7. The minimum Gasteiger partial charge on any atom is -0.497 e. The van der Waals surface area contributed by atoms with Crippen molar-refractivity contribution in [2.75, 3.05) is 11.8 Å². The van der Waals surface area contributed by atoms with E-state index in [1.807, 2.05) is 42.8 Å². The number of imidazole rings is 1. The number of aryl methyl sites for hydroxylation is 1. The Balaban J connectivity index is 1.83. The van der Waals surface area contributed by atoms with Gasteiger partial charge in [0.25, 0.3) is 10.0 Å². The summed E-state index contributed by atoms with van der Waals surface area (Å²) in [7, 11) is -2.25. The van der Waals surface area contributed by atoms with Crippen LogP contribution in [0.1, 0.15) is 5.56 Å². The molecule has 1 aromatic carbocycles. The van der Waals surface area contributed by atoms with Crippen LogP contribution in [-0.2, 0) is 10.0 Å². The molecular formula is C19H17N3O3S2. The number of pyridine rings is 1. The minimum atomic E-state index is -3.79. The lowest BCUT2D eigenvalue weighted by Gasteiger charge is -2.10. The van der Waals surface area contributed by atoms with Crippen molar-refractivity contribution >= 4 is 32.8 Å². The summed E-state index contributed by atoms with van der Waals surface area (Å²) in [5.41, 5.74) is 2.34. The Kier molecular flexibility index (Phi) is 4.37. The van der Waals surface area contributed by atoms with Gasteiger partial charge in [0, 0.05) is 6.20 Å². The molecule has 4 rings (SSSR count). The Bertz CT molecular complexity index is 1200. The first-order chi connectivity index (χ1) is 13.0. The topological polar surface area (TPSA) is 72.7 Å². The smallest absolute Gasteiger partial charge is 0.263 e. The summed E-state index contributed by atoms with van der Waals surface area (Å²) >= 11 is 1.51. The third-order valence-corrected chi connectivity index (χ3v) is 6.37. The van der Waals surface area contributed by atoms with Gasteiger partial charge >= 0.3 is 0 Å². The quantitative estimate of drug-likeness (QED) is 0.546. The standard InChI is InChI=1S/C19H17N3O3S2/c1-13-9-10-22-17(12-13)20-18(16-4-3-11-26-16)19(22)21-27(23,24)15-7-5-14(25-2)6-8-15/h3-12,21H,1-2H3.